The third-order valence-corrected chi connectivity index (χ3v) is 5.06. The van der Waals surface area contributed by atoms with Gasteiger partial charge in [-0.1, -0.05) is 22.9 Å². The number of hydrogen-bond acceptors (Lipinski definition) is 3. The van der Waals surface area contributed by atoms with E-state index < -0.39 is 0 Å². The molecule has 0 aromatic heterocycles. The van der Waals surface area contributed by atoms with E-state index in [1.54, 1.807) is 0 Å². The normalized spacial score (nSPS) is 20.6. The van der Waals surface area contributed by atoms with E-state index >= 15 is 0 Å². The molecule has 0 amide bonds. The SMILES string of the molecule is CCC1CN(c2ccc(Br)cc2CN)CCS1. The summed E-state index contributed by atoms with van der Waals surface area (Å²) in [6.45, 7) is 5.16. The minimum Gasteiger partial charge on any atom is -0.369 e. The van der Waals surface area contributed by atoms with Crippen molar-refractivity contribution in [2.75, 3.05) is 23.7 Å². The maximum atomic E-state index is 5.84. The molecule has 1 aromatic rings. The van der Waals surface area contributed by atoms with Crippen LogP contribution in [0.3, 0.4) is 0 Å². The second-order valence-corrected chi connectivity index (χ2v) is 6.65. The minimum absolute atomic E-state index is 0.606. The number of benzene rings is 1. The third-order valence-electron chi connectivity index (χ3n) is 3.20. The molecule has 0 bridgehead atoms. The van der Waals surface area contributed by atoms with Crippen molar-refractivity contribution in [3.8, 4) is 0 Å². The highest BCUT2D eigenvalue weighted by Crippen LogP contribution is 2.29. The lowest BCUT2D eigenvalue weighted by atomic mass is 10.1. The van der Waals surface area contributed by atoms with Crippen LogP contribution >= 0.6 is 27.7 Å². The highest BCUT2D eigenvalue weighted by Gasteiger charge is 2.20. The maximum Gasteiger partial charge on any atom is 0.0413 e. The molecule has 17 heavy (non-hydrogen) atoms. The molecule has 1 aliphatic heterocycles. The molecule has 2 N–H and O–H groups in total. The summed E-state index contributed by atoms with van der Waals surface area (Å²) in [5.41, 5.74) is 8.39. The van der Waals surface area contributed by atoms with Crippen molar-refractivity contribution >= 4 is 33.4 Å². The molecule has 0 saturated carbocycles. The number of rotatable bonds is 3. The van der Waals surface area contributed by atoms with Gasteiger partial charge in [-0.25, -0.2) is 0 Å². The van der Waals surface area contributed by atoms with Gasteiger partial charge in [0.1, 0.15) is 0 Å². The van der Waals surface area contributed by atoms with Crippen LogP contribution in [0.1, 0.15) is 18.9 Å². The van der Waals surface area contributed by atoms with Gasteiger partial charge in [-0.2, -0.15) is 11.8 Å². The number of thioether (sulfide) groups is 1. The fourth-order valence-electron chi connectivity index (χ4n) is 2.21. The van der Waals surface area contributed by atoms with Crippen LogP contribution in [-0.4, -0.2) is 24.1 Å². The Morgan fingerprint density at radius 2 is 2.35 bits per heavy atom. The molecule has 94 valence electrons. The summed E-state index contributed by atoms with van der Waals surface area (Å²) in [6, 6.07) is 6.43. The van der Waals surface area contributed by atoms with Gasteiger partial charge in [-0.15, -0.1) is 0 Å². The summed E-state index contributed by atoms with van der Waals surface area (Å²) in [7, 11) is 0. The Morgan fingerprint density at radius 3 is 3.06 bits per heavy atom. The van der Waals surface area contributed by atoms with Crippen LogP contribution in [-0.2, 0) is 6.54 Å². The molecular weight excluding hydrogens is 296 g/mol. The van der Waals surface area contributed by atoms with Crippen molar-refractivity contribution in [3.63, 3.8) is 0 Å². The average molecular weight is 315 g/mol. The van der Waals surface area contributed by atoms with Crippen LogP contribution in [0.4, 0.5) is 5.69 Å². The van der Waals surface area contributed by atoms with Gasteiger partial charge in [0.25, 0.3) is 0 Å². The number of anilines is 1. The standard InChI is InChI=1S/C13H19BrN2S/c1-2-12-9-16(5-6-17-12)13-4-3-11(14)7-10(13)8-15/h3-4,7,12H,2,5-6,8-9,15H2,1H3. The maximum absolute atomic E-state index is 5.84. The molecular formula is C13H19BrN2S. The third kappa shape index (κ3) is 3.18. The van der Waals surface area contributed by atoms with Gasteiger partial charge in [-0.3, -0.25) is 0 Å². The van der Waals surface area contributed by atoms with Crippen LogP contribution in [0.25, 0.3) is 0 Å². The molecule has 1 saturated heterocycles. The number of hydrogen-bond donors (Lipinski definition) is 1. The molecule has 2 rings (SSSR count). The lowest BCUT2D eigenvalue weighted by molar-refractivity contribution is 0.724. The molecule has 1 aromatic carbocycles. The summed E-state index contributed by atoms with van der Waals surface area (Å²) in [6.07, 6.45) is 1.25. The van der Waals surface area contributed by atoms with Gasteiger partial charge in [0, 0.05) is 40.8 Å². The van der Waals surface area contributed by atoms with Gasteiger partial charge in [0.2, 0.25) is 0 Å². The smallest absolute Gasteiger partial charge is 0.0413 e. The van der Waals surface area contributed by atoms with E-state index in [1.807, 2.05) is 0 Å². The van der Waals surface area contributed by atoms with Crippen molar-refractivity contribution in [3.05, 3.63) is 28.2 Å². The zero-order valence-corrected chi connectivity index (χ0v) is 12.6. The largest absolute Gasteiger partial charge is 0.369 e. The summed E-state index contributed by atoms with van der Waals surface area (Å²) < 4.78 is 1.11. The van der Waals surface area contributed by atoms with E-state index in [0.29, 0.717) is 6.54 Å². The van der Waals surface area contributed by atoms with Crippen LogP contribution in [0.2, 0.25) is 0 Å². The summed E-state index contributed by atoms with van der Waals surface area (Å²) in [5.74, 6) is 1.22. The molecule has 0 spiro atoms. The van der Waals surface area contributed by atoms with E-state index in [4.69, 9.17) is 5.73 Å². The van der Waals surface area contributed by atoms with E-state index in [2.05, 4.69) is 57.7 Å². The molecule has 1 aliphatic rings. The average Bonchev–Trinajstić information content (AvgIpc) is 2.38. The van der Waals surface area contributed by atoms with Crippen LogP contribution < -0.4 is 10.6 Å². The number of halogens is 1. The lowest BCUT2D eigenvalue weighted by Crippen LogP contribution is -2.38. The molecule has 4 heteroatoms. The Balaban J connectivity index is 2.20. The molecule has 1 unspecified atom stereocenters. The van der Waals surface area contributed by atoms with Gasteiger partial charge in [0.15, 0.2) is 0 Å². The highest BCUT2D eigenvalue weighted by molar-refractivity contribution is 9.10. The van der Waals surface area contributed by atoms with Crippen molar-refractivity contribution in [2.24, 2.45) is 5.73 Å². The molecule has 1 heterocycles. The van der Waals surface area contributed by atoms with E-state index in [-0.39, 0.29) is 0 Å². The first-order valence-corrected chi connectivity index (χ1v) is 7.93. The van der Waals surface area contributed by atoms with Crippen molar-refractivity contribution in [1.82, 2.24) is 0 Å². The molecule has 0 aliphatic carbocycles. The fourth-order valence-corrected chi connectivity index (χ4v) is 3.80. The molecule has 0 radical (unpaired) electrons. The Kier molecular flexibility index (Phi) is 4.77. The zero-order valence-electron chi connectivity index (χ0n) is 10.2. The Labute approximate surface area is 116 Å². The van der Waals surface area contributed by atoms with Crippen molar-refractivity contribution < 1.29 is 0 Å². The van der Waals surface area contributed by atoms with Gasteiger partial charge >= 0.3 is 0 Å². The number of nitrogens with two attached hydrogens (primary N) is 1. The van der Waals surface area contributed by atoms with Gasteiger partial charge in [0.05, 0.1) is 0 Å². The zero-order chi connectivity index (χ0) is 12.3. The van der Waals surface area contributed by atoms with E-state index in [0.717, 1.165) is 22.8 Å². The van der Waals surface area contributed by atoms with Crippen molar-refractivity contribution in [2.45, 2.75) is 25.1 Å². The van der Waals surface area contributed by atoms with Gasteiger partial charge in [-0.05, 0) is 30.2 Å². The predicted octanol–water partition coefficient (Wildman–Crippen LogP) is 3.24. The second kappa shape index (κ2) is 6.12. The quantitative estimate of drug-likeness (QED) is 0.928. The monoisotopic (exact) mass is 314 g/mol. The second-order valence-electron chi connectivity index (χ2n) is 4.32. The van der Waals surface area contributed by atoms with Crippen LogP contribution in [0, 0.1) is 0 Å². The Hall–Kier alpha value is -0.190. The molecule has 2 nitrogen and oxygen atoms in total. The Morgan fingerprint density at radius 1 is 1.53 bits per heavy atom. The Bertz CT molecular complexity index is 384. The van der Waals surface area contributed by atoms with Crippen LogP contribution in [0.5, 0.6) is 0 Å². The summed E-state index contributed by atoms with van der Waals surface area (Å²) >= 11 is 5.60. The van der Waals surface area contributed by atoms with E-state index in [9.17, 15) is 0 Å². The van der Waals surface area contributed by atoms with Gasteiger partial charge < -0.3 is 10.6 Å². The first kappa shape index (κ1) is 13.2. The summed E-state index contributed by atoms with van der Waals surface area (Å²) in [5, 5.41) is 0.762. The predicted molar refractivity (Wildman–Crippen MR) is 80.8 cm³/mol. The first-order valence-electron chi connectivity index (χ1n) is 6.09. The fraction of sp³-hybridized carbons (Fsp3) is 0.538. The molecule has 1 atom stereocenters. The van der Waals surface area contributed by atoms with E-state index in [1.165, 1.54) is 23.4 Å². The molecule has 1 fully saturated rings. The highest BCUT2D eigenvalue weighted by atomic mass is 79.9. The first-order chi connectivity index (χ1) is 8.24. The topological polar surface area (TPSA) is 29.3 Å². The minimum atomic E-state index is 0.606. The van der Waals surface area contributed by atoms with Crippen LogP contribution in [0.15, 0.2) is 22.7 Å². The number of nitrogens with zero attached hydrogens (tertiary/aromatic N) is 1. The summed E-state index contributed by atoms with van der Waals surface area (Å²) in [4.78, 5) is 2.49. The van der Waals surface area contributed by atoms with Crippen molar-refractivity contribution in [1.29, 1.82) is 0 Å². The lowest BCUT2D eigenvalue weighted by Gasteiger charge is -2.34.